The molecule has 3 aromatic rings. The minimum absolute atomic E-state index is 0.0305. The predicted octanol–water partition coefficient (Wildman–Crippen LogP) is 3.54. The lowest BCUT2D eigenvalue weighted by Gasteiger charge is -2.34. The number of hydrogen-bond acceptors (Lipinski definition) is 6. The van der Waals surface area contributed by atoms with Crippen LogP contribution < -0.4 is 10.2 Å². The predicted molar refractivity (Wildman–Crippen MR) is 113 cm³/mol. The van der Waals surface area contributed by atoms with Crippen LogP contribution in [-0.4, -0.2) is 50.9 Å². The highest BCUT2D eigenvalue weighted by atomic mass is 35.5. The van der Waals surface area contributed by atoms with Crippen LogP contribution in [0.1, 0.15) is 6.42 Å². The van der Waals surface area contributed by atoms with Gasteiger partial charge in [0.05, 0.1) is 34.5 Å². The van der Waals surface area contributed by atoms with Crippen molar-refractivity contribution < 1.29 is 9.18 Å². The third-order valence-corrected chi connectivity index (χ3v) is 6.00. The van der Waals surface area contributed by atoms with Gasteiger partial charge in [-0.2, -0.15) is 0 Å². The van der Waals surface area contributed by atoms with Crippen LogP contribution >= 0.6 is 11.6 Å². The van der Waals surface area contributed by atoms with Gasteiger partial charge in [0.2, 0.25) is 5.91 Å². The molecule has 1 aromatic carbocycles. The molecule has 2 aliphatic heterocycles. The number of nitrogens with one attached hydrogen (secondary N) is 1. The van der Waals surface area contributed by atoms with Crippen molar-refractivity contribution in [2.75, 3.05) is 23.3 Å². The van der Waals surface area contributed by atoms with E-state index in [0.717, 1.165) is 17.6 Å². The maximum absolute atomic E-state index is 14.3. The topological polar surface area (TPSA) is 74.2 Å². The summed E-state index contributed by atoms with van der Waals surface area (Å²) in [5.41, 5.74) is 0.881. The molecule has 2 aliphatic rings. The molecule has 2 atom stereocenters. The van der Waals surface area contributed by atoms with Gasteiger partial charge in [0.1, 0.15) is 18.0 Å². The Labute approximate surface area is 177 Å². The molecule has 0 unspecified atom stereocenters. The molecule has 9 heteroatoms. The Kier molecular flexibility index (Phi) is 4.51. The molecule has 30 heavy (non-hydrogen) atoms. The first-order chi connectivity index (χ1) is 14.5. The Morgan fingerprint density at radius 3 is 2.90 bits per heavy atom. The number of aromatic nitrogens is 3. The molecule has 0 aliphatic carbocycles. The maximum atomic E-state index is 14.3. The quantitative estimate of drug-likeness (QED) is 0.646. The van der Waals surface area contributed by atoms with Gasteiger partial charge in [0.15, 0.2) is 5.82 Å². The van der Waals surface area contributed by atoms with Gasteiger partial charge < -0.3 is 15.1 Å². The number of carbonyl (C=O) groups excluding carboxylic acids is 1. The monoisotopic (exact) mass is 424 g/mol. The van der Waals surface area contributed by atoms with Crippen molar-refractivity contribution in [3.8, 4) is 0 Å². The Morgan fingerprint density at radius 2 is 2.13 bits per heavy atom. The highest BCUT2D eigenvalue weighted by Crippen LogP contribution is 2.36. The number of rotatable bonds is 4. The molecule has 2 aromatic heterocycles. The second-order valence-corrected chi connectivity index (χ2v) is 7.81. The van der Waals surface area contributed by atoms with Crippen molar-refractivity contribution in [2.45, 2.75) is 18.5 Å². The van der Waals surface area contributed by atoms with Gasteiger partial charge in [-0.15, -0.1) is 0 Å². The fourth-order valence-corrected chi connectivity index (χ4v) is 4.44. The molecular weight excluding hydrogens is 407 g/mol. The fraction of sp³-hybridized carbons (Fsp3) is 0.238. The fourth-order valence-electron chi connectivity index (χ4n) is 4.27. The van der Waals surface area contributed by atoms with E-state index in [1.165, 1.54) is 18.5 Å². The molecule has 7 nitrogen and oxygen atoms in total. The van der Waals surface area contributed by atoms with Gasteiger partial charge in [-0.3, -0.25) is 4.79 Å². The molecular formula is C21H18ClFN6O. The number of anilines is 3. The van der Waals surface area contributed by atoms with E-state index in [0.29, 0.717) is 24.4 Å². The minimum atomic E-state index is -0.538. The van der Waals surface area contributed by atoms with Crippen molar-refractivity contribution in [3.05, 3.63) is 60.3 Å². The van der Waals surface area contributed by atoms with Crippen LogP contribution in [0.25, 0.3) is 10.9 Å². The Morgan fingerprint density at radius 1 is 1.27 bits per heavy atom. The molecule has 1 N–H and O–H groups in total. The van der Waals surface area contributed by atoms with E-state index < -0.39 is 5.82 Å². The number of likely N-dealkylation sites (tertiary alicyclic amines) is 1. The molecule has 152 valence electrons. The number of pyridine rings is 1. The van der Waals surface area contributed by atoms with Crippen molar-refractivity contribution in [1.82, 2.24) is 19.9 Å². The van der Waals surface area contributed by atoms with Gasteiger partial charge >= 0.3 is 0 Å². The highest BCUT2D eigenvalue weighted by molar-refractivity contribution is 6.31. The van der Waals surface area contributed by atoms with Gasteiger partial charge in [-0.25, -0.2) is 19.3 Å². The lowest BCUT2D eigenvalue weighted by Crippen LogP contribution is -2.48. The zero-order chi connectivity index (χ0) is 20.8. The summed E-state index contributed by atoms with van der Waals surface area (Å²) in [6.45, 7) is 4.95. The van der Waals surface area contributed by atoms with E-state index in [1.54, 1.807) is 18.3 Å². The molecule has 0 spiro atoms. The Balaban J connectivity index is 1.47. The van der Waals surface area contributed by atoms with E-state index in [4.69, 9.17) is 11.6 Å². The number of benzene rings is 1. The van der Waals surface area contributed by atoms with Gasteiger partial charge in [0, 0.05) is 18.5 Å². The SMILES string of the molecule is C=CC(=O)N1C[C@@H]2C[C@H]1CN2c1cc2c(Nc3cccc(Cl)c3F)ncnc2cn1. The zero-order valence-corrected chi connectivity index (χ0v) is 16.7. The first-order valence-corrected chi connectivity index (χ1v) is 9.94. The van der Waals surface area contributed by atoms with Gasteiger partial charge in [-0.05, 0) is 30.7 Å². The summed E-state index contributed by atoms with van der Waals surface area (Å²) in [5, 5.41) is 3.78. The van der Waals surface area contributed by atoms with E-state index in [9.17, 15) is 9.18 Å². The second-order valence-electron chi connectivity index (χ2n) is 7.40. The first kappa shape index (κ1) is 18.7. The summed E-state index contributed by atoms with van der Waals surface area (Å²) in [5.74, 6) is 0.684. The van der Waals surface area contributed by atoms with Gasteiger partial charge in [0.25, 0.3) is 0 Å². The number of amides is 1. The summed E-state index contributed by atoms with van der Waals surface area (Å²) in [6, 6.07) is 7.02. The van der Waals surface area contributed by atoms with Crippen LogP contribution in [0.5, 0.6) is 0 Å². The number of halogens is 2. The molecule has 2 fully saturated rings. The molecule has 2 bridgehead atoms. The number of piperazine rings is 1. The number of nitrogens with zero attached hydrogens (tertiary/aromatic N) is 5. The van der Waals surface area contributed by atoms with E-state index in [1.807, 2.05) is 11.0 Å². The zero-order valence-electron chi connectivity index (χ0n) is 15.9. The molecule has 0 radical (unpaired) electrons. The lowest BCUT2D eigenvalue weighted by molar-refractivity contribution is -0.127. The summed E-state index contributed by atoms with van der Waals surface area (Å²) >= 11 is 5.89. The smallest absolute Gasteiger partial charge is 0.246 e. The van der Waals surface area contributed by atoms with Crippen molar-refractivity contribution in [1.29, 1.82) is 0 Å². The molecule has 5 rings (SSSR count). The molecule has 4 heterocycles. The maximum Gasteiger partial charge on any atom is 0.246 e. The van der Waals surface area contributed by atoms with Crippen LogP contribution in [-0.2, 0) is 4.79 Å². The first-order valence-electron chi connectivity index (χ1n) is 9.56. The van der Waals surface area contributed by atoms with Crippen LogP contribution in [0.3, 0.4) is 0 Å². The third kappa shape index (κ3) is 3.04. The van der Waals surface area contributed by atoms with Crippen LogP contribution in [0.4, 0.5) is 21.7 Å². The van der Waals surface area contributed by atoms with Gasteiger partial charge in [-0.1, -0.05) is 24.2 Å². The van der Waals surface area contributed by atoms with Crippen LogP contribution in [0, 0.1) is 5.82 Å². The van der Waals surface area contributed by atoms with E-state index in [2.05, 4.69) is 31.7 Å². The van der Waals surface area contributed by atoms with Crippen molar-refractivity contribution in [2.24, 2.45) is 0 Å². The highest BCUT2D eigenvalue weighted by Gasteiger charge is 2.45. The van der Waals surface area contributed by atoms with E-state index in [-0.39, 0.29) is 28.7 Å². The largest absolute Gasteiger partial charge is 0.350 e. The standard InChI is InChI=1S/C21H18ClFN6O/c1-2-19(30)29-10-12-6-13(29)9-28(12)18-7-14-17(8-24-18)25-11-26-21(14)27-16-5-3-4-15(22)20(16)23/h2-5,7-8,11-13H,1,6,9-10H2,(H,25,26,27)/t12-,13-/m0/s1. The summed E-state index contributed by atoms with van der Waals surface area (Å²) in [7, 11) is 0. The average Bonchev–Trinajstić information content (AvgIpc) is 3.37. The molecule has 1 amide bonds. The normalized spacial score (nSPS) is 20.1. The average molecular weight is 425 g/mol. The van der Waals surface area contributed by atoms with Crippen molar-refractivity contribution >= 4 is 45.7 Å². The van der Waals surface area contributed by atoms with Crippen molar-refractivity contribution in [3.63, 3.8) is 0 Å². The van der Waals surface area contributed by atoms with Crippen LogP contribution in [0.2, 0.25) is 5.02 Å². The summed E-state index contributed by atoms with van der Waals surface area (Å²) in [6.07, 6.45) is 5.36. The van der Waals surface area contributed by atoms with E-state index >= 15 is 0 Å². The molecule has 0 saturated carbocycles. The number of fused-ring (bicyclic) bond motifs is 3. The Hall–Kier alpha value is -3.26. The summed E-state index contributed by atoms with van der Waals surface area (Å²) in [4.78, 5) is 29.2. The minimum Gasteiger partial charge on any atom is -0.350 e. The summed E-state index contributed by atoms with van der Waals surface area (Å²) < 4.78 is 14.3. The third-order valence-electron chi connectivity index (χ3n) is 5.70. The van der Waals surface area contributed by atoms with Crippen LogP contribution in [0.15, 0.2) is 49.4 Å². The Bertz CT molecular complexity index is 1170. The molecule has 2 saturated heterocycles. The number of carbonyl (C=O) groups is 1. The lowest BCUT2D eigenvalue weighted by atomic mass is 10.2. The second kappa shape index (κ2) is 7.21. The number of hydrogen-bond donors (Lipinski definition) is 1.